The van der Waals surface area contributed by atoms with Gasteiger partial charge in [-0.05, 0) is 24.0 Å². The topological polar surface area (TPSA) is 188 Å². The molecular weight excluding hydrogens is 468 g/mol. The zero-order valence-electron chi connectivity index (χ0n) is 19.6. The molecule has 0 aliphatic rings. The van der Waals surface area contributed by atoms with Crippen molar-refractivity contribution in [1.82, 2.24) is 16.0 Å². The van der Waals surface area contributed by atoms with Gasteiger partial charge in [-0.25, -0.2) is 4.79 Å². The van der Waals surface area contributed by atoms with Crippen molar-refractivity contribution in [3.8, 4) is 0 Å². The monoisotopic (exact) mass is 498 g/mol. The summed E-state index contributed by atoms with van der Waals surface area (Å²) in [5.41, 5.74) is 7.66. The Morgan fingerprint density at radius 3 is 1.83 bits per heavy atom. The van der Waals surface area contributed by atoms with Crippen molar-refractivity contribution in [1.29, 1.82) is 0 Å². The molecule has 0 aromatic heterocycles. The van der Waals surface area contributed by atoms with Crippen LogP contribution in [-0.2, 0) is 36.8 Å². The first-order valence-electron chi connectivity index (χ1n) is 11.3. The standard InChI is InChI=1S/C25H30N4O7/c26-18(13-16-7-3-1-4-8-16)23(33)29-20(14-17-9-5-2-6-10-17)24(34)27-15-21(30)28-19(25(35)36)11-12-22(31)32/h1-10,18-20H,11-15,26H2,(H,27,34)(H,28,30)(H,29,33)(H,31,32)(H,35,36)/t18-,19-,20-/m0/s1. The summed E-state index contributed by atoms with van der Waals surface area (Å²) in [6, 6.07) is 14.7. The maximum atomic E-state index is 12.9. The van der Waals surface area contributed by atoms with Gasteiger partial charge in [0.15, 0.2) is 0 Å². The Hall–Kier alpha value is -4.25. The maximum Gasteiger partial charge on any atom is 0.326 e. The predicted molar refractivity (Wildman–Crippen MR) is 130 cm³/mol. The molecule has 0 saturated carbocycles. The highest BCUT2D eigenvalue weighted by molar-refractivity contribution is 5.92. The Balaban J connectivity index is 2.00. The molecule has 2 aromatic rings. The fraction of sp³-hybridized carbons (Fsp3) is 0.320. The quantitative estimate of drug-likeness (QED) is 0.207. The zero-order chi connectivity index (χ0) is 26.5. The van der Waals surface area contributed by atoms with Gasteiger partial charge < -0.3 is 31.9 Å². The second-order valence-electron chi connectivity index (χ2n) is 8.16. The summed E-state index contributed by atoms with van der Waals surface area (Å²) >= 11 is 0. The maximum absolute atomic E-state index is 12.9. The highest BCUT2D eigenvalue weighted by Crippen LogP contribution is 2.06. The van der Waals surface area contributed by atoms with Crippen molar-refractivity contribution in [3.05, 3.63) is 71.8 Å². The molecule has 7 N–H and O–H groups in total. The van der Waals surface area contributed by atoms with Crippen LogP contribution in [0.25, 0.3) is 0 Å². The van der Waals surface area contributed by atoms with Gasteiger partial charge in [-0.15, -0.1) is 0 Å². The van der Waals surface area contributed by atoms with E-state index in [1.54, 1.807) is 30.3 Å². The molecule has 11 heteroatoms. The van der Waals surface area contributed by atoms with Gasteiger partial charge >= 0.3 is 11.9 Å². The number of nitrogens with two attached hydrogens (primary N) is 1. The average molecular weight is 499 g/mol. The second kappa shape index (κ2) is 14.2. The van der Waals surface area contributed by atoms with Gasteiger partial charge in [-0.2, -0.15) is 0 Å². The highest BCUT2D eigenvalue weighted by Gasteiger charge is 2.26. The second-order valence-corrected chi connectivity index (χ2v) is 8.16. The number of rotatable bonds is 14. The van der Waals surface area contributed by atoms with Gasteiger partial charge in [0, 0.05) is 12.8 Å². The third kappa shape index (κ3) is 9.94. The molecular formula is C25H30N4O7. The number of carboxylic acids is 2. The van der Waals surface area contributed by atoms with Crippen LogP contribution >= 0.6 is 0 Å². The number of amides is 3. The first kappa shape index (κ1) is 28.0. The number of benzene rings is 2. The van der Waals surface area contributed by atoms with Crippen LogP contribution in [0.3, 0.4) is 0 Å². The van der Waals surface area contributed by atoms with E-state index in [1.165, 1.54) is 0 Å². The largest absolute Gasteiger partial charge is 0.481 e. The molecule has 2 rings (SSSR count). The van der Waals surface area contributed by atoms with Crippen molar-refractivity contribution in [3.63, 3.8) is 0 Å². The fourth-order valence-corrected chi connectivity index (χ4v) is 3.36. The summed E-state index contributed by atoms with van der Waals surface area (Å²) in [6.07, 6.45) is -0.357. The van der Waals surface area contributed by atoms with Crippen molar-refractivity contribution >= 4 is 29.7 Å². The molecule has 3 atom stereocenters. The van der Waals surface area contributed by atoms with Gasteiger partial charge in [0.25, 0.3) is 0 Å². The summed E-state index contributed by atoms with van der Waals surface area (Å²) in [6.45, 7) is -0.563. The van der Waals surface area contributed by atoms with Gasteiger partial charge in [0.1, 0.15) is 12.1 Å². The van der Waals surface area contributed by atoms with Crippen LogP contribution in [-0.4, -0.2) is 64.5 Å². The van der Waals surface area contributed by atoms with E-state index >= 15 is 0 Å². The van der Waals surface area contributed by atoms with Crippen LogP contribution in [0.2, 0.25) is 0 Å². The molecule has 11 nitrogen and oxygen atoms in total. The van der Waals surface area contributed by atoms with E-state index in [-0.39, 0.29) is 19.3 Å². The third-order valence-electron chi connectivity index (χ3n) is 5.25. The number of aliphatic carboxylic acids is 2. The van der Waals surface area contributed by atoms with E-state index < -0.39 is 60.8 Å². The summed E-state index contributed by atoms with van der Waals surface area (Å²) in [5, 5.41) is 25.1. The lowest BCUT2D eigenvalue weighted by Gasteiger charge is -2.21. The Labute approximate surface area is 208 Å². The molecule has 0 radical (unpaired) electrons. The molecule has 0 unspecified atom stereocenters. The van der Waals surface area contributed by atoms with Crippen molar-refractivity contribution in [2.75, 3.05) is 6.54 Å². The SMILES string of the molecule is N[C@@H](Cc1ccccc1)C(=O)N[C@@H](Cc1ccccc1)C(=O)NCC(=O)N[C@@H](CCC(=O)O)C(=O)O. The Kier molecular flexibility index (Phi) is 11.1. The van der Waals surface area contributed by atoms with E-state index in [9.17, 15) is 24.0 Å². The molecule has 0 aliphatic heterocycles. The Morgan fingerprint density at radius 1 is 0.750 bits per heavy atom. The first-order chi connectivity index (χ1) is 17.2. The minimum Gasteiger partial charge on any atom is -0.481 e. The lowest BCUT2D eigenvalue weighted by atomic mass is 10.0. The van der Waals surface area contributed by atoms with Crippen LogP contribution in [0.5, 0.6) is 0 Å². The first-order valence-corrected chi connectivity index (χ1v) is 11.3. The lowest BCUT2D eigenvalue weighted by Crippen LogP contribution is -2.54. The number of carboxylic acid groups (broad SMARTS) is 2. The van der Waals surface area contributed by atoms with E-state index in [0.717, 1.165) is 11.1 Å². The van der Waals surface area contributed by atoms with E-state index in [0.29, 0.717) is 0 Å². The van der Waals surface area contributed by atoms with Crippen molar-refractivity contribution in [2.24, 2.45) is 5.73 Å². The number of nitrogens with one attached hydrogen (secondary N) is 3. The summed E-state index contributed by atoms with van der Waals surface area (Å²) in [7, 11) is 0. The normalized spacial score (nSPS) is 13.0. The molecule has 192 valence electrons. The fourth-order valence-electron chi connectivity index (χ4n) is 3.36. The van der Waals surface area contributed by atoms with Gasteiger partial charge in [0.2, 0.25) is 17.7 Å². The molecule has 0 heterocycles. The van der Waals surface area contributed by atoms with Gasteiger partial charge in [0.05, 0.1) is 12.6 Å². The van der Waals surface area contributed by atoms with E-state index in [1.807, 2.05) is 30.3 Å². The number of carbonyl (C=O) groups is 5. The summed E-state index contributed by atoms with van der Waals surface area (Å²) < 4.78 is 0. The summed E-state index contributed by atoms with van der Waals surface area (Å²) in [4.78, 5) is 59.7. The minimum atomic E-state index is -1.42. The molecule has 0 fully saturated rings. The molecule has 2 aromatic carbocycles. The third-order valence-corrected chi connectivity index (χ3v) is 5.25. The zero-order valence-corrected chi connectivity index (χ0v) is 19.6. The molecule has 36 heavy (non-hydrogen) atoms. The van der Waals surface area contributed by atoms with Crippen LogP contribution in [0.15, 0.2) is 60.7 Å². The summed E-state index contributed by atoms with van der Waals surface area (Å²) in [5.74, 6) is -4.61. The number of carbonyl (C=O) groups excluding carboxylic acids is 3. The average Bonchev–Trinajstić information content (AvgIpc) is 2.85. The van der Waals surface area contributed by atoms with Gasteiger partial charge in [-0.3, -0.25) is 19.2 Å². The van der Waals surface area contributed by atoms with Crippen molar-refractivity contribution < 1.29 is 34.2 Å². The van der Waals surface area contributed by atoms with Gasteiger partial charge in [-0.1, -0.05) is 60.7 Å². The Bertz CT molecular complexity index is 1050. The van der Waals surface area contributed by atoms with Crippen LogP contribution < -0.4 is 21.7 Å². The lowest BCUT2D eigenvalue weighted by molar-refractivity contribution is -0.143. The minimum absolute atomic E-state index is 0.133. The molecule has 0 saturated heterocycles. The van der Waals surface area contributed by atoms with E-state index in [4.69, 9.17) is 15.9 Å². The van der Waals surface area contributed by atoms with Crippen LogP contribution in [0.1, 0.15) is 24.0 Å². The Morgan fingerprint density at radius 2 is 1.31 bits per heavy atom. The predicted octanol–water partition coefficient (Wildman–Crippen LogP) is -0.166. The molecule has 0 spiro atoms. The van der Waals surface area contributed by atoms with Crippen LogP contribution in [0, 0.1) is 0 Å². The highest BCUT2D eigenvalue weighted by atomic mass is 16.4. The van der Waals surface area contributed by atoms with Crippen molar-refractivity contribution in [2.45, 2.75) is 43.8 Å². The molecule has 0 bridgehead atoms. The van der Waals surface area contributed by atoms with E-state index in [2.05, 4.69) is 16.0 Å². The number of hydrogen-bond acceptors (Lipinski definition) is 6. The molecule has 3 amide bonds. The smallest absolute Gasteiger partial charge is 0.326 e. The van der Waals surface area contributed by atoms with Crippen LogP contribution in [0.4, 0.5) is 0 Å². The molecule has 0 aliphatic carbocycles. The number of hydrogen-bond donors (Lipinski definition) is 6.